The molecular weight excluding hydrogens is 386 g/mol. The zero-order chi connectivity index (χ0) is 20.6. The zero-order valence-corrected chi connectivity index (χ0v) is 15.9. The Kier molecular flexibility index (Phi) is 4.81. The topological polar surface area (TPSA) is 69.3 Å². The van der Waals surface area contributed by atoms with E-state index in [9.17, 15) is 13.6 Å². The first kappa shape index (κ1) is 19.1. The number of methoxy groups -OCH3 is 2. The number of nitrogens with one attached hydrogen (secondary N) is 1. The summed E-state index contributed by atoms with van der Waals surface area (Å²) in [6.07, 6.45) is -2.11. The van der Waals surface area contributed by atoms with Crippen LogP contribution < -0.4 is 24.3 Å². The minimum absolute atomic E-state index is 0.0758. The molecule has 2 aromatic rings. The van der Waals surface area contributed by atoms with Crippen molar-refractivity contribution in [1.82, 2.24) is 4.90 Å². The molecule has 29 heavy (non-hydrogen) atoms. The summed E-state index contributed by atoms with van der Waals surface area (Å²) in [7, 11) is 3.15. The van der Waals surface area contributed by atoms with E-state index in [1.807, 2.05) is 6.07 Å². The van der Waals surface area contributed by atoms with Gasteiger partial charge in [0.15, 0.2) is 11.5 Å². The average molecular weight is 406 g/mol. The summed E-state index contributed by atoms with van der Waals surface area (Å²) in [5.74, 6) is 1.14. The maximum Gasteiger partial charge on any atom is 0.586 e. The molecule has 1 saturated heterocycles. The first-order valence-corrected chi connectivity index (χ1v) is 9.09. The molecule has 0 aliphatic carbocycles. The lowest BCUT2D eigenvalue weighted by atomic mass is 10.0. The van der Waals surface area contributed by atoms with E-state index in [0.29, 0.717) is 23.7 Å². The van der Waals surface area contributed by atoms with Crippen molar-refractivity contribution in [2.45, 2.75) is 25.2 Å². The fraction of sp³-hybridized carbons (Fsp3) is 0.350. The summed E-state index contributed by atoms with van der Waals surface area (Å²) in [6, 6.07) is 9.05. The van der Waals surface area contributed by atoms with Crippen LogP contribution in [0, 0.1) is 0 Å². The maximum atomic E-state index is 13.2. The number of ether oxygens (including phenoxy) is 4. The van der Waals surface area contributed by atoms with Crippen molar-refractivity contribution in [2.75, 3.05) is 26.1 Å². The quantitative estimate of drug-likeness (QED) is 0.815. The van der Waals surface area contributed by atoms with Crippen LogP contribution in [0.25, 0.3) is 0 Å². The van der Waals surface area contributed by atoms with Crippen LogP contribution in [0.1, 0.15) is 24.4 Å². The van der Waals surface area contributed by atoms with E-state index < -0.39 is 6.29 Å². The van der Waals surface area contributed by atoms with Gasteiger partial charge >= 0.3 is 12.3 Å². The van der Waals surface area contributed by atoms with E-state index >= 15 is 0 Å². The fourth-order valence-corrected chi connectivity index (χ4v) is 3.65. The normalized spacial score (nSPS) is 19.2. The second-order valence-electron chi connectivity index (χ2n) is 6.72. The van der Waals surface area contributed by atoms with Crippen LogP contribution in [0.4, 0.5) is 19.3 Å². The highest BCUT2D eigenvalue weighted by Gasteiger charge is 2.43. The molecule has 7 nitrogen and oxygen atoms in total. The molecule has 9 heteroatoms. The number of urea groups is 1. The molecule has 2 aliphatic rings. The maximum absolute atomic E-state index is 13.2. The van der Waals surface area contributed by atoms with Gasteiger partial charge in [0.2, 0.25) is 0 Å². The number of benzene rings is 2. The molecule has 0 spiro atoms. The molecule has 2 amide bonds. The third-order valence-electron chi connectivity index (χ3n) is 4.96. The van der Waals surface area contributed by atoms with Crippen LogP contribution in [-0.2, 0) is 0 Å². The van der Waals surface area contributed by atoms with Gasteiger partial charge in [0, 0.05) is 23.9 Å². The van der Waals surface area contributed by atoms with E-state index in [2.05, 4.69) is 14.8 Å². The monoisotopic (exact) mass is 406 g/mol. The summed E-state index contributed by atoms with van der Waals surface area (Å²) in [6.45, 7) is 0.555. The van der Waals surface area contributed by atoms with Gasteiger partial charge in [-0.15, -0.1) is 8.78 Å². The number of rotatable bonds is 4. The number of amides is 2. The Morgan fingerprint density at radius 1 is 1.14 bits per heavy atom. The van der Waals surface area contributed by atoms with Crippen LogP contribution in [0.15, 0.2) is 36.4 Å². The molecular formula is C20H20F2N2O5. The number of carbonyl (C=O) groups excluding carboxylic acids is 1. The Morgan fingerprint density at radius 2 is 1.93 bits per heavy atom. The molecule has 1 unspecified atom stereocenters. The molecule has 0 saturated carbocycles. The van der Waals surface area contributed by atoms with Crippen molar-refractivity contribution in [3.05, 3.63) is 42.0 Å². The lowest BCUT2D eigenvalue weighted by Crippen LogP contribution is -2.34. The molecule has 1 N–H and O–H groups in total. The molecule has 0 bridgehead atoms. The Bertz CT molecular complexity index is 937. The third kappa shape index (κ3) is 3.72. The third-order valence-corrected chi connectivity index (χ3v) is 4.96. The van der Waals surface area contributed by atoms with E-state index in [0.717, 1.165) is 18.4 Å². The molecule has 2 heterocycles. The van der Waals surface area contributed by atoms with Crippen molar-refractivity contribution >= 4 is 11.7 Å². The number of fused-ring (bicyclic) bond motifs is 1. The minimum Gasteiger partial charge on any atom is -0.497 e. The van der Waals surface area contributed by atoms with Crippen LogP contribution >= 0.6 is 0 Å². The van der Waals surface area contributed by atoms with Gasteiger partial charge in [0.05, 0.1) is 20.3 Å². The van der Waals surface area contributed by atoms with Gasteiger partial charge in [-0.25, -0.2) is 4.79 Å². The number of hydrogen-bond acceptors (Lipinski definition) is 5. The molecule has 1 fully saturated rings. The van der Waals surface area contributed by atoms with Gasteiger partial charge in [-0.05, 0) is 43.2 Å². The number of anilines is 1. The SMILES string of the molecule is COc1ccc(OC)c(C2CCCN2C(=O)Nc2ccc3c(c2)OC(F)(F)O3)c1. The minimum atomic E-state index is -3.70. The van der Waals surface area contributed by atoms with E-state index in [-0.39, 0.29) is 23.6 Å². The van der Waals surface area contributed by atoms with Crippen molar-refractivity contribution in [2.24, 2.45) is 0 Å². The van der Waals surface area contributed by atoms with Crippen LogP contribution in [0.3, 0.4) is 0 Å². The molecule has 4 rings (SSSR count). The largest absolute Gasteiger partial charge is 0.586 e. The molecule has 2 aliphatic heterocycles. The van der Waals surface area contributed by atoms with Gasteiger partial charge in [0.25, 0.3) is 0 Å². The smallest absolute Gasteiger partial charge is 0.497 e. The number of nitrogens with zero attached hydrogens (tertiary/aromatic N) is 1. The number of halogens is 2. The first-order chi connectivity index (χ1) is 13.9. The number of carbonyl (C=O) groups is 1. The van der Waals surface area contributed by atoms with Crippen LogP contribution in [0.5, 0.6) is 23.0 Å². The van der Waals surface area contributed by atoms with E-state index in [1.54, 1.807) is 31.3 Å². The van der Waals surface area contributed by atoms with Crippen LogP contribution in [0.2, 0.25) is 0 Å². The standard InChI is InChI=1S/C20H20F2N2O5/c1-26-13-6-8-16(27-2)14(11-13)15-4-3-9-24(15)19(25)23-12-5-7-17-18(10-12)29-20(21,22)28-17/h5-8,10-11,15H,3-4,9H2,1-2H3,(H,23,25). The van der Waals surface area contributed by atoms with Gasteiger partial charge in [-0.2, -0.15) is 0 Å². The van der Waals surface area contributed by atoms with E-state index in [1.165, 1.54) is 18.2 Å². The first-order valence-electron chi connectivity index (χ1n) is 9.09. The van der Waals surface area contributed by atoms with Gasteiger partial charge in [-0.1, -0.05) is 0 Å². The Balaban J connectivity index is 1.54. The second kappa shape index (κ2) is 7.31. The molecule has 1 atom stereocenters. The van der Waals surface area contributed by atoms with Crippen molar-refractivity contribution in [3.63, 3.8) is 0 Å². The van der Waals surface area contributed by atoms with E-state index in [4.69, 9.17) is 9.47 Å². The lowest BCUT2D eigenvalue weighted by Gasteiger charge is -2.27. The summed E-state index contributed by atoms with van der Waals surface area (Å²) < 4.78 is 45.9. The van der Waals surface area contributed by atoms with Crippen molar-refractivity contribution in [1.29, 1.82) is 0 Å². The predicted octanol–water partition coefficient (Wildman–Crippen LogP) is 4.39. The molecule has 0 radical (unpaired) electrons. The molecule has 0 aromatic heterocycles. The molecule has 2 aromatic carbocycles. The highest BCUT2D eigenvalue weighted by Crippen LogP contribution is 2.43. The Labute approximate surface area is 166 Å². The zero-order valence-electron chi connectivity index (χ0n) is 15.9. The van der Waals surface area contributed by atoms with Gasteiger partial charge in [0.1, 0.15) is 11.5 Å². The Morgan fingerprint density at radius 3 is 2.69 bits per heavy atom. The summed E-state index contributed by atoms with van der Waals surface area (Å²) in [5.41, 5.74) is 1.18. The predicted molar refractivity (Wildman–Crippen MR) is 99.9 cm³/mol. The summed E-state index contributed by atoms with van der Waals surface area (Å²) in [4.78, 5) is 14.6. The number of hydrogen-bond donors (Lipinski definition) is 1. The fourth-order valence-electron chi connectivity index (χ4n) is 3.65. The summed E-state index contributed by atoms with van der Waals surface area (Å²) in [5, 5.41) is 2.74. The lowest BCUT2D eigenvalue weighted by molar-refractivity contribution is -0.286. The highest BCUT2D eigenvalue weighted by molar-refractivity contribution is 5.90. The highest BCUT2D eigenvalue weighted by atomic mass is 19.3. The number of alkyl halides is 2. The summed E-state index contributed by atoms with van der Waals surface area (Å²) >= 11 is 0. The van der Waals surface area contributed by atoms with Crippen molar-refractivity contribution < 1.29 is 32.5 Å². The average Bonchev–Trinajstić information content (AvgIpc) is 3.30. The number of likely N-dealkylation sites (tertiary alicyclic amines) is 1. The van der Waals surface area contributed by atoms with Gasteiger partial charge in [-0.3, -0.25) is 0 Å². The van der Waals surface area contributed by atoms with Crippen LogP contribution in [-0.4, -0.2) is 38.0 Å². The molecule has 154 valence electrons. The van der Waals surface area contributed by atoms with Crippen molar-refractivity contribution in [3.8, 4) is 23.0 Å². The van der Waals surface area contributed by atoms with Gasteiger partial charge < -0.3 is 29.2 Å². The Hall–Kier alpha value is -3.23. The second-order valence-corrected chi connectivity index (χ2v) is 6.72.